The van der Waals surface area contributed by atoms with E-state index in [-0.39, 0.29) is 5.91 Å². The summed E-state index contributed by atoms with van der Waals surface area (Å²) in [6, 6.07) is 5.20. The van der Waals surface area contributed by atoms with Gasteiger partial charge in [0.15, 0.2) is 0 Å². The van der Waals surface area contributed by atoms with E-state index in [2.05, 4.69) is 31.4 Å². The van der Waals surface area contributed by atoms with Crippen molar-refractivity contribution in [2.45, 2.75) is 0 Å². The van der Waals surface area contributed by atoms with Gasteiger partial charge in [0, 0.05) is 16.4 Å². The van der Waals surface area contributed by atoms with E-state index in [1.54, 1.807) is 18.2 Å². The minimum absolute atomic E-state index is 0.230. The lowest BCUT2D eigenvalue weighted by molar-refractivity contribution is 0.102. The Morgan fingerprint density at radius 1 is 1.50 bits per heavy atom. The number of anilines is 1. The summed E-state index contributed by atoms with van der Waals surface area (Å²) in [5, 5.41) is 9.52. The van der Waals surface area contributed by atoms with Gasteiger partial charge in [-0.05, 0) is 34.1 Å². The van der Waals surface area contributed by atoms with E-state index >= 15 is 0 Å². The molecule has 0 radical (unpaired) electrons. The van der Waals surface area contributed by atoms with Crippen LogP contribution in [0.4, 0.5) is 5.69 Å². The van der Waals surface area contributed by atoms with Crippen molar-refractivity contribution < 1.29 is 4.79 Å². The second-order valence-corrected chi connectivity index (χ2v) is 4.33. The Labute approximate surface area is 105 Å². The predicted octanol–water partition coefficient (Wildman–Crippen LogP) is 3.08. The van der Waals surface area contributed by atoms with Crippen molar-refractivity contribution in [2.75, 3.05) is 5.32 Å². The minimum Gasteiger partial charge on any atom is -0.322 e. The lowest BCUT2D eigenvalue weighted by Gasteiger charge is -2.04. The first-order valence-corrected chi connectivity index (χ1v) is 5.59. The van der Waals surface area contributed by atoms with Gasteiger partial charge in [-0.2, -0.15) is 5.10 Å². The Kier molecular flexibility index (Phi) is 3.26. The van der Waals surface area contributed by atoms with Crippen LogP contribution in [0.2, 0.25) is 5.02 Å². The standard InChI is InChI=1S/C10H7BrClN3O/c11-8-2-1-7(3-9(8)12)15-10(16)6-4-13-14-5-6/h1-5H,(H,13,14)(H,15,16). The molecular weight excluding hydrogens is 293 g/mol. The van der Waals surface area contributed by atoms with Gasteiger partial charge in [-0.15, -0.1) is 0 Å². The van der Waals surface area contributed by atoms with Crippen LogP contribution in [-0.2, 0) is 0 Å². The van der Waals surface area contributed by atoms with Crippen molar-refractivity contribution in [3.05, 3.63) is 45.7 Å². The number of carbonyl (C=O) groups is 1. The average Bonchev–Trinajstić information content (AvgIpc) is 2.77. The van der Waals surface area contributed by atoms with E-state index < -0.39 is 0 Å². The molecule has 4 nitrogen and oxygen atoms in total. The molecule has 1 aromatic carbocycles. The molecule has 0 atom stereocenters. The molecule has 16 heavy (non-hydrogen) atoms. The van der Waals surface area contributed by atoms with Crippen molar-refractivity contribution in [3.8, 4) is 0 Å². The second-order valence-electron chi connectivity index (χ2n) is 3.07. The van der Waals surface area contributed by atoms with Gasteiger partial charge in [-0.25, -0.2) is 0 Å². The molecule has 0 saturated heterocycles. The van der Waals surface area contributed by atoms with Crippen molar-refractivity contribution in [3.63, 3.8) is 0 Å². The van der Waals surface area contributed by atoms with Crippen LogP contribution in [0.25, 0.3) is 0 Å². The fraction of sp³-hybridized carbons (Fsp3) is 0. The van der Waals surface area contributed by atoms with Gasteiger partial charge in [0.1, 0.15) is 0 Å². The number of benzene rings is 1. The first kappa shape index (κ1) is 11.2. The van der Waals surface area contributed by atoms with Crippen LogP contribution in [-0.4, -0.2) is 16.1 Å². The van der Waals surface area contributed by atoms with Crippen LogP contribution < -0.4 is 5.32 Å². The maximum absolute atomic E-state index is 11.6. The zero-order chi connectivity index (χ0) is 11.5. The number of halogens is 2. The Morgan fingerprint density at radius 3 is 2.94 bits per heavy atom. The van der Waals surface area contributed by atoms with Gasteiger partial charge in [0.25, 0.3) is 5.91 Å². The molecule has 1 amide bonds. The third-order valence-electron chi connectivity index (χ3n) is 1.94. The summed E-state index contributed by atoms with van der Waals surface area (Å²) in [5.74, 6) is -0.230. The lowest BCUT2D eigenvalue weighted by atomic mass is 10.3. The Hall–Kier alpha value is -1.33. The number of hydrogen-bond donors (Lipinski definition) is 2. The van der Waals surface area contributed by atoms with E-state index in [0.717, 1.165) is 4.47 Å². The zero-order valence-corrected chi connectivity index (χ0v) is 10.3. The molecule has 0 aliphatic rings. The summed E-state index contributed by atoms with van der Waals surface area (Å²) in [6.45, 7) is 0. The van der Waals surface area contributed by atoms with Crippen LogP contribution >= 0.6 is 27.5 Å². The smallest absolute Gasteiger partial charge is 0.258 e. The van der Waals surface area contributed by atoms with E-state index in [4.69, 9.17) is 11.6 Å². The zero-order valence-electron chi connectivity index (χ0n) is 8.00. The topological polar surface area (TPSA) is 57.8 Å². The van der Waals surface area contributed by atoms with Crippen molar-refractivity contribution >= 4 is 39.1 Å². The molecule has 0 saturated carbocycles. The van der Waals surface area contributed by atoms with Crippen molar-refractivity contribution in [1.82, 2.24) is 10.2 Å². The van der Waals surface area contributed by atoms with Crippen molar-refractivity contribution in [1.29, 1.82) is 0 Å². The Balaban J connectivity index is 2.15. The van der Waals surface area contributed by atoms with Gasteiger partial charge in [-0.1, -0.05) is 11.6 Å². The monoisotopic (exact) mass is 299 g/mol. The third kappa shape index (κ3) is 2.43. The summed E-state index contributed by atoms with van der Waals surface area (Å²) in [4.78, 5) is 11.6. The predicted molar refractivity (Wildman–Crippen MR) is 65.7 cm³/mol. The molecule has 2 N–H and O–H groups in total. The third-order valence-corrected chi connectivity index (χ3v) is 3.17. The first-order chi connectivity index (χ1) is 7.66. The van der Waals surface area contributed by atoms with Gasteiger partial charge in [0.05, 0.1) is 16.8 Å². The molecule has 82 valence electrons. The van der Waals surface area contributed by atoms with E-state index in [1.165, 1.54) is 12.4 Å². The number of rotatable bonds is 2. The minimum atomic E-state index is -0.230. The molecule has 2 aromatic rings. The van der Waals surface area contributed by atoms with E-state index in [0.29, 0.717) is 16.3 Å². The SMILES string of the molecule is O=C(Nc1ccc(Br)c(Cl)c1)c1cn[nH]c1. The second kappa shape index (κ2) is 4.67. The quantitative estimate of drug-likeness (QED) is 0.895. The van der Waals surface area contributed by atoms with Crippen LogP contribution in [0.1, 0.15) is 10.4 Å². The van der Waals surface area contributed by atoms with Gasteiger partial charge in [0.2, 0.25) is 0 Å². The number of nitrogens with one attached hydrogen (secondary N) is 2. The number of amides is 1. The van der Waals surface area contributed by atoms with Gasteiger partial charge < -0.3 is 5.32 Å². The number of hydrogen-bond acceptors (Lipinski definition) is 2. The van der Waals surface area contributed by atoms with Crippen LogP contribution in [0.5, 0.6) is 0 Å². The Morgan fingerprint density at radius 2 is 2.31 bits per heavy atom. The molecule has 0 fully saturated rings. The summed E-state index contributed by atoms with van der Waals surface area (Å²) < 4.78 is 0.787. The lowest BCUT2D eigenvalue weighted by Crippen LogP contribution is -2.10. The first-order valence-electron chi connectivity index (χ1n) is 4.42. The fourth-order valence-electron chi connectivity index (χ4n) is 1.15. The summed E-state index contributed by atoms with van der Waals surface area (Å²) >= 11 is 9.18. The summed E-state index contributed by atoms with van der Waals surface area (Å²) in [7, 11) is 0. The molecule has 2 rings (SSSR count). The highest BCUT2D eigenvalue weighted by atomic mass is 79.9. The molecule has 1 heterocycles. The molecule has 1 aromatic heterocycles. The highest BCUT2D eigenvalue weighted by molar-refractivity contribution is 9.10. The molecule has 0 unspecified atom stereocenters. The van der Waals surface area contributed by atoms with Crippen LogP contribution in [0, 0.1) is 0 Å². The van der Waals surface area contributed by atoms with Crippen molar-refractivity contribution in [2.24, 2.45) is 0 Å². The van der Waals surface area contributed by atoms with E-state index in [9.17, 15) is 4.79 Å². The number of carbonyl (C=O) groups excluding carboxylic acids is 1. The maximum Gasteiger partial charge on any atom is 0.258 e. The molecule has 0 spiro atoms. The highest BCUT2D eigenvalue weighted by Crippen LogP contribution is 2.25. The summed E-state index contributed by atoms with van der Waals surface area (Å²) in [5.41, 5.74) is 1.11. The molecule has 6 heteroatoms. The maximum atomic E-state index is 11.6. The molecule has 0 aliphatic carbocycles. The van der Waals surface area contributed by atoms with E-state index in [1.807, 2.05) is 0 Å². The van der Waals surface area contributed by atoms with Crippen LogP contribution in [0.15, 0.2) is 35.1 Å². The van der Waals surface area contributed by atoms with Gasteiger partial charge >= 0.3 is 0 Å². The highest BCUT2D eigenvalue weighted by Gasteiger charge is 2.07. The number of aromatic amines is 1. The molecule has 0 aliphatic heterocycles. The average molecular weight is 301 g/mol. The largest absolute Gasteiger partial charge is 0.322 e. The number of H-pyrrole nitrogens is 1. The fourth-order valence-corrected chi connectivity index (χ4v) is 1.58. The molecular formula is C10H7BrClN3O. The number of aromatic nitrogens is 2. The van der Waals surface area contributed by atoms with Crippen LogP contribution in [0.3, 0.4) is 0 Å². The summed E-state index contributed by atoms with van der Waals surface area (Å²) in [6.07, 6.45) is 2.98. The normalized spacial score (nSPS) is 10.1. The molecule has 0 bridgehead atoms. The van der Waals surface area contributed by atoms with Gasteiger partial charge in [-0.3, -0.25) is 9.89 Å². The number of nitrogens with zero attached hydrogens (tertiary/aromatic N) is 1. The Bertz CT molecular complexity index is 513.